The molecule has 2 aromatic heterocycles. The number of pyridine rings is 1. The lowest BCUT2D eigenvalue weighted by molar-refractivity contribution is -0.120. The van der Waals surface area contributed by atoms with E-state index in [4.69, 9.17) is 4.74 Å². The van der Waals surface area contributed by atoms with E-state index in [1.54, 1.807) is 0 Å². The Morgan fingerprint density at radius 3 is 2.63 bits per heavy atom. The highest BCUT2D eigenvalue weighted by molar-refractivity contribution is 7.92. The normalized spacial score (nSPS) is 18.3. The Kier molecular flexibility index (Phi) is 8.02. The van der Waals surface area contributed by atoms with Gasteiger partial charge < -0.3 is 19.4 Å². The van der Waals surface area contributed by atoms with E-state index in [9.17, 15) is 22.8 Å². The van der Waals surface area contributed by atoms with Crippen molar-refractivity contribution >= 4 is 38.2 Å². The number of hydrogen-bond acceptors (Lipinski definition) is 9. The van der Waals surface area contributed by atoms with Crippen LogP contribution in [0.15, 0.2) is 34.2 Å². The van der Waals surface area contributed by atoms with E-state index >= 15 is 0 Å². The molecule has 1 atom stereocenters. The minimum atomic E-state index is -3.59. The maximum atomic E-state index is 13.3. The first kappa shape index (κ1) is 25.5. The lowest BCUT2D eigenvalue weighted by Gasteiger charge is -2.27. The first-order valence-corrected chi connectivity index (χ1v) is 14.0. The summed E-state index contributed by atoms with van der Waals surface area (Å²) in [5, 5.41) is 2.44. The van der Waals surface area contributed by atoms with Crippen LogP contribution in [0, 0.1) is 5.92 Å². The summed E-state index contributed by atoms with van der Waals surface area (Å²) in [6, 6.07) is 1.66. The molecule has 2 fully saturated rings. The Hall–Kier alpha value is -2.57. The van der Waals surface area contributed by atoms with E-state index in [1.807, 2.05) is 0 Å². The number of ether oxygens (including phenoxy) is 2. The highest BCUT2D eigenvalue weighted by atomic mass is 32.2. The number of aromatic nitrogens is 2. The van der Waals surface area contributed by atoms with E-state index in [-0.39, 0.29) is 20.8 Å². The number of carbonyl (C=O) groups excluding carboxylic acids is 2. The maximum absolute atomic E-state index is 13.3. The largest absolute Gasteiger partial charge is 0.465 e. The van der Waals surface area contributed by atoms with Crippen molar-refractivity contribution in [3.63, 3.8) is 0 Å². The summed E-state index contributed by atoms with van der Waals surface area (Å²) in [6.45, 7) is 1.17. The van der Waals surface area contributed by atoms with Crippen LogP contribution in [0.1, 0.15) is 60.7 Å². The molecule has 1 saturated carbocycles. The number of carbonyl (C=O) groups is 2. The van der Waals surface area contributed by atoms with Gasteiger partial charge in [-0.2, -0.15) is 0 Å². The van der Waals surface area contributed by atoms with Crippen molar-refractivity contribution in [1.82, 2.24) is 9.55 Å². The van der Waals surface area contributed by atoms with Gasteiger partial charge >= 0.3 is 5.97 Å². The highest BCUT2D eigenvalue weighted by Crippen LogP contribution is 2.30. The maximum Gasteiger partial charge on any atom is 0.349 e. The number of sulfone groups is 1. The van der Waals surface area contributed by atoms with Crippen LogP contribution in [-0.2, 0) is 24.1 Å². The summed E-state index contributed by atoms with van der Waals surface area (Å²) in [4.78, 5) is 42.4. The average molecular weight is 524 g/mol. The smallest absolute Gasteiger partial charge is 0.349 e. The van der Waals surface area contributed by atoms with E-state index in [2.05, 4.69) is 15.0 Å². The topological polar surface area (TPSA) is 134 Å². The monoisotopic (exact) mass is 523 g/mol. The average Bonchev–Trinajstić information content (AvgIpc) is 3.56. The van der Waals surface area contributed by atoms with Crippen LogP contribution in [0.2, 0.25) is 0 Å². The Morgan fingerprint density at radius 1 is 1.26 bits per heavy atom. The Balaban J connectivity index is 1.60. The highest BCUT2D eigenvalue weighted by Gasteiger charge is 2.32. The predicted octanol–water partition coefficient (Wildman–Crippen LogP) is 2.80. The van der Waals surface area contributed by atoms with Crippen LogP contribution in [0.25, 0.3) is 0 Å². The third-order valence-corrected chi connectivity index (χ3v) is 9.80. The fourth-order valence-electron chi connectivity index (χ4n) is 4.66. The van der Waals surface area contributed by atoms with Crippen molar-refractivity contribution in [2.75, 3.05) is 25.6 Å². The molecule has 0 spiro atoms. The van der Waals surface area contributed by atoms with Gasteiger partial charge in [0, 0.05) is 25.5 Å². The summed E-state index contributed by atoms with van der Waals surface area (Å²) in [5.74, 6) is -0.858. The summed E-state index contributed by atoms with van der Waals surface area (Å²) in [5.41, 5.74) is -0.550. The van der Waals surface area contributed by atoms with Crippen molar-refractivity contribution < 1.29 is 27.5 Å². The first-order valence-electron chi connectivity index (χ1n) is 11.7. The summed E-state index contributed by atoms with van der Waals surface area (Å²) in [6.07, 6.45) is 7.55. The molecule has 0 aromatic carbocycles. The zero-order valence-electron chi connectivity index (χ0n) is 19.5. The van der Waals surface area contributed by atoms with Crippen LogP contribution >= 0.6 is 11.3 Å². The lowest BCUT2D eigenvalue weighted by Crippen LogP contribution is -2.35. The number of rotatable bonds is 8. The molecule has 1 saturated heterocycles. The van der Waals surface area contributed by atoms with Gasteiger partial charge in [0.25, 0.3) is 5.56 Å². The van der Waals surface area contributed by atoms with Gasteiger partial charge in [-0.05, 0) is 44.1 Å². The lowest BCUT2D eigenvalue weighted by atomic mass is 9.92. The number of nitrogens with zero attached hydrogens (tertiary/aromatic N) is 2. The van der Waals surface area contributed by atoms with Gasteiger partial charge in [0.05, 0.1) is 23.5 Å². The zero-order chi connectivity index (χ0) is 25.0. The molecule has 1 aliphatic carbocycles. The van der Waals surface area contributed by atoms with E-state index < -0.39 is 38.6 Å². The molecule has 1 N–H and O–H groups in total. The predicted molar refractivity (Wildman–Crippen MR) is 129 cm³/mol. The second-order valence-corrected chi connectivity index (χ2v) is 12.1. The van der Waals surface area contributed by atoms with Crippen LogP contribution in [0.3, 0.4) is 0 Å². The fraction of sp³-hybridized carbons (Fsp3) is 0.565. The molecule has 35 heavy (non-hydrogen) atoms. The molecule has 190 valence electrons. The third kappa shape index (κ3) is 5.81. The summed E-state index contributed by atoms with van der Waals surface area (Å²) >= 11 is 0.972. The zero-order valence-corrected chi connectivity index (χ0v) is 21.1. The molecular formula is C23H29N3O7S2. The molecule has 4 rings (SSSR count). The quantitative estimate of drug-likeness (QED) is 0.522. The minimum absolute atomic E-state index is 0.00137. The van der Waals surface area contributed by atoms with Crippen LogP contribution in [0.5, 0.6) is 0 Å². The van der Waals surface area contributed by atoms with Crippen LogP contribution < -0.4 is 10.9 Å². The Labute approximate surface area is 207 Å². The van der Waals surface area contributed by atoms with Gasteiger partial charge in [0.2, 0.25) is 5.91 Å². The Morgan fingerprint density at radius 2 is 1.97 bits per heavy atom. The number of thiazole rings is 1. The number of nitrogens with one attached hydrogen (secondary N) is 1. The molecule has 1 aliphatic heterocycles. The molecule has 10 nitrogen and oxygen atoms in total. The number of anilines is 1. The third-order valence-electron chi connectivity index (χ3n) is 6.65. The summed E-state index contributed by atoms with van der Waals surface area (Å²) in [7, 11) is -2.33. The number of amides is 1. The Bertz CT molecular complexity index is 1230. The van der Waals surface area contributed by atoms with Gasteiger partial charge in [-0.15, -0.1) is 0 Å². The SMILES string of the molecule is COC(=O)c1cnc(NC(=O)[C@H](CC2CCOCC2)n2ccc(S(=O)(=O)C3CCCC3)cc2=O)s1. The minimum Gasteiger partial charge on any atom is -0.465 e. The molecule has 0 bridgehead atoms. The van der Waals surface area contributed by atoms with Crippen molar-refractivity contribution in [3.8, 4) is 0 Å². The van der Waals surface area contributed by atoms with Crippen molar-refractivity contribution in [2.24, 2.45) is 5.92 Å². The number of methoxy groups -OCH3 is 1. The molecule has 2 aromatic rings. The molecule has 0 radical (unpaired) electrons. The summed E-state index contributed by atoms with van der Waals surface area (Å²) < 4.78 is 37.3. The number of hydrogen-bond donors (Lipinski definition) is 1. The molecule has 12 heteroatoms. The van der Waals surface area contributed by atoms with Crippen LogP contribution in [0.4, 0.5) is 5.13 Å². The standard InChI is InChI=1S/C23H29N3O7S2/c1-32-22(29)19-14-24-23(34-19)25-21(28)18(12-15-7-10-33-11-8-15)26-9-6-17(13-20(26)27)35(30,31)16-4-2-3-5-16/h6,9,13-16,18H,2-5,7-8,10-12H2,1H3,(H,24,25,28)/t18-/m0/s1. The van der Waals surface area contributed by atoms with Crippen molar-refractivity contribution in [3.05, 3.63) is 39.8 Å². The second kappa shape index (κ2) is 11.0. The molecular weight excluding hydrogens is 494 g/mol. The molecule has 2 aliphatic rings. The van der Waals surface area contributed by atoms with Gasteiger partial charge in [-0.1, -0.05) is 24.2 Å². The molecule has 0 unspecified atom stereocenters. The van der Waals surface area contributed by atoms with Crippen molar-refractivity contribution in [2.45, 2.75) is 61.1 Å². The second-order valence-electron chi connectivity index (χ2n) is 8.88. The molecule has 1 amide bonds. The van der Waals surface area contributed by atoms with Gasteiger partial charge in [-0.3, -0.25) is 9.59 Å². The fourth-order valence-corrected chi connectivity index (χ4v) is 7.25. The van der Waals surface area contributed by atoms with Gasteiger partial charge in [-0.25, -0.2) is 18.2 Å². The van der Waals surface area contributed by atoms with E-state index in [0.717, 1.165) is 43.1 Å². The molecule has 3 heterocycles. The first-order chi connectivity index (χ1) is 16.8. The van der Waals surface area contributed by atoms with Gasteiger partial charge in [0.15, 0.2) is 15.0 Å². The van der Waals surface area contributed by atoms with E-state index in [1.165, 1.54) is 30.1 Å². The number of esters is 1. The van der Waals surface area contributed by atoms with Gasteiger partial charge in [0.1, 0.15) is 10.9 Å². The van der Waals surface area contributed by atoms with Crippen LogP contribution in [-0.4, -0.2) is 55.4 Å². The van der Waals surface area contributed by atoms with Crippen molar-refractivity contribution in [1.29, 1.82) is 0 Å². The van der Waals surface area contributed by atoms with E-state index in [0.29, 0.717) is 32.5 Å².